The first kappa shape index (κ1) is 18.4. The average Bonchev–Trinajstić information content (AvgIpc) is 2.63. The van der Waals surface area contributed by atoms with Gasteiger partial charge in [0.25, 0.3) is 5.56 Å². The van der Waals surface area contributed by atoms with E-state index < -0.39 is 15.4 Å². The first-order valence-electron chi connectivity index (χ1n) is 8.07. The Labute approximate surface area is 156 Å². The topological polar surface area (TPSA) is 69.0 Å². The van der Waals surface area contributed by atoms with E-state index in [4.69, 9.17) is 0 Å². The van der Waals surface area contributed by atoms with Crippen LogP contribution in [0.25, 0.3) is 5.69 Å². The zero-order valence-corrected chi connectivity index (χ0v) is 16.0. The molecule has 2 aromatic carbocycles. The summed E-state index contributed by atoms with van der Waals surface area (Å²) in [5.74, 6) is 0.660. The Morgan fingerprint density at radius 3 is 2.31 bits per heavy atom. The molecular formula is C19H18N2O3S2. The van der Waals surface area contributed by atoms with Crippen molar-refractivity contribution < 1.29 is 8.42 Å². The van der Waals surface area contributed by atoms with Crippen LogP contribution in [0.3, 0.4) is 0 Å². The summed E-state index contributed by atoms with van der Waals surface area (Å²) in [6.45, 7) is 3.80. The minimum absolute atomic E-state index is 0.125. The maximum atomic E-state index is 12.9. The van der Waals surface area contributed by atoms with Crippen molar-refractivity contribution in [3.05, 3.63) is 76.6 Å². The van der Waals surface area contributed by atoms with Crippen LogP contribution in [0.4, 0.5) is 0 Å². The van der Waals surface area contributed by atoms with Crippen LogP contribution in [0.5, 0.6) is 0 Å². The van der Waals surface area contributed by atoms with Gasteiger partial charge in [0, 0.05) is 6.07 Å². The summed E-state index contributed by atoms with van der Waals surface area (Å²) in [4.78, 5) is 17.1. The number of benzene rings is 2. The summed E-state index contributed by atoms with van der Waals surface area (Å²) >= 11 is 1.33. The Balaban J connectivity index is 2.19. The van der Waals surface area contributed by atoms with E-state index in [1.807, 2.05) is 32.0 Å². The van der Waals surface area contributed by atoms with Gasteiger partial charge in [-0.3, -0.25) is 9.36 Å². The summed E-state index contributed by atoms with van der Waals surface area (Å²) in [5.41, 5.74) is 1.19. The second-order valence-electron chi connectivity index (χ2n) is 5.64. The van der Waals surface area contributed by atoms with Gasteiger partial charge in [-0.2, -0.15) is 0 Å². The largest absolute Gasteiger partial charge is 0.269 e. The van der Waals surface area contributed by atoms with Crippen molar-refractivity contribution in [3.8, 4) is 5.69 Å². The zero-order chi connectivity index (χ0) is 18.7. The minimum atomic E-state index is -3.86. The third-order valence-corrected chi connectivity index (χ3v) is 6.23. The molecule has 1 heterocycles. The van der Waals surface area contributed by atoms with E-state index >= 15 is 0 Å². The molecule has 5 nitrogen and oxygen atoms in total. The molecule has 0 radical (unpaired) electrons. The Kier molecular flexibility index (Phi) is 5.29. The van der Waals surface area contributed by atoms with Crippen LogP contribution in [0.1, 0.15) is 12.5 Å². The number of nitrogens with zero attached hydrogens (tertiary/aromatic N) is 2. The number of hydrogen-bond acceptors (Lipinski definition) is 5. The van der Waals surface area contributed by atoms with Gasteiger partial charge in [0.05, 0.1) is 10.6 Å². The van der Waals surface area contributed by atoms with Crippen molar-refractivity contribution in [3.63, 3.8) is 0 Å². The third kappa shape index (κ3) is 3.59. The quantitative estimate of drug-likeness (QED) is 0.381. The smallest absolute Gasteiger partial charge is 0.260 e. The van der Waals surface area contributed by atoms with Gasteiger partial charge in [-0.1, -0.05) is 54.6 Å². The fourth-order valence-corrected chi connectivity index (χ4v) is 4.46. The number of aryl methyl sites for hydroxylation is 1. The average molecular weight is 386 g/mol. The highest BCUT2D eigenvalue weighted by Crippen LogP contribution is 2.23. The van der Waals surface area contributed by atoms with Crippen molar-refractivity contribution in [2.45, 2.75) is 28.9 Å². The number of aromatic nitrogens is 2. The lowest BCUT2D eigenvalue weighted by Gasteiger charge is -2.13. The van der Waals surface area contributed by atoms with Crippen LogP contribution in [-0.2, 0) is 9.84 Å². The molecule has 0 aliphatic heterocycles. The van der Waals surface area contributed by atoms with Gasteiger partial charge in [-0.15, -0.1) is 0 Å². The molecular weight excluding hydrogens is 368 g/mol. The highest BCUT2D eigenvalue weighted by molar-refractivity contribution is 7.99. The summed E-state index contributed by atoms with van der Waals surface area (Å²) in [5, 5.41) is 0.131. The molecule has 7 heteroatoms. The maximum absolute atomic E-state index is 12.9. The van der Waals surface area contributed by atoms with E-state index in [1.54, 1.807) is 24.3 Å². The fraction of sp³-hybridized carbons (Fsp3) is 0.158. The molecule has 0 spiro atoms. The number of thioether (sulfide) groups is 1. The molecule has 0 saturated heterocycles. The fourth-order valence-electron chi connectivity index (χ4n) is 2.46. The molecule has 0 saturated carbocycles. The second kappa shape index (κ2) is 7.47. The van der Waals surface area contributed by atoms with Gasteiger partial charge in [0.1, 0.15) is 0 Å². The van der Waals surface area contributed by atoms with E-state index in [1.165, 1.54) is 28.5 Å². The van der Waals surface area contributed by atoms with Gasteiger partial charge in [-0.25, -0.2) is 13.4 Å². The lowest BCUT2D eigenvalue weighted by Crippen LogP contribution is -2.23. The maximum Gasteiger partial charge on any atom is 0.260 e. The molecule has 0 aliphatic carbocycles. The van der Waals surface area contributed by atoms with E-state index in [9.17, 15) is 13.2 Å². The second-order valence-corrected chi connectivity index (χ2v) is 8.76. The molecule has 1 aromatic heterocycles. The Hall–Kier alpha value is -2.38. The predicted octanol–water partition coefficient (Wildman–Crippen LogP) is 3.49. The van der Waals surface area contributed by atoms with Crippen LogP contribution in [-0.4, -0.2) is 23.7 Å². The summed E-state index contributed by atoms with van der Waals surface area (Å²) in [6, 6.07) is 16.7. The van der Waals surface area contributed by atoms with Crippen LogP contribution in [0.15, 0.2) is 80.5 Å². The first-order valence-corrected chi connectivity index (χ1v) is 10.5. The molecule has 0 amide bonds. The van der Waals surface area contributed by atoms with Crippen LogP contribution < -0.4 is 5.56 Å². The van der Waals surface area contributed by atoms with Crippen molar-refractivity contribution in [1.82, 2.24) is 9.55 Å². The lowest BCUT2D eigenvalue weighted by atomic mass is 10.2. The number of hydrogen-bond donors (Lipinski definition) is 0. The number of para-hydroxylation sites is 1. The Morgan fingerprint density at radius 2 is 1.69 bits per heavy atom. The standard InChI is InChI=1S/C19H18N2O3S2/c1-3-25-19-20-17(26(23,24)16-11-9-14(2)10-12-16)13-18(22)21(19)15-7-5-4-6-8-15/h4-13H,3H2,1-2H3. The van der Waals surface area contributed by atoms with Crippen LogP contribution >= 0.6 is 11.8 Å². The highest BCUT2D eigenvalue weighted by Gasteiger charge is 2.22. The zero-order valence-electron chi connectivity index (χ0n) is 14.4. The van der Waals surface area contributed by atoms with Crippen molar-refractivity contribution in [2.24, 2.45) is 0 Å². The SMILES string of the molecule is CCSc1nc(S(=O)(=O)c2ccc(C)cc2)cc(=O)n1-c1ccccc1. The van der Waals surface area contributed by atoms with Gasteiger partial charge >= 0.3 is 0 Å². The Bertz CT molecular complexity index is 1070. The molecule has 26 heavy (non-hydrogen) atoms. The summed E-state index contributed by atoms with van der Waals surface area (Å²) < 4.78 is 27.2. The van der Waals surface area contributed by atoms with Crippen molar-refractivity contribution in [2.75, 3.05) is 5.75 Å². The monoisotopic (exact) mass is 386 g/mol. The number of sulfone groups is 1. The third-order valence-electron chi connectivity index (χ3n) is 3.76. The van der Waals surface area contributed by atoms with E-state index in [-0.39, 0.29) is 9.92 Å². The van der Waals surface area contributed by atoms with E-state index in [2.05, 4.69) is 4.98 Å². The molecule has 0 atom stereocenters. The lowest BCUT2D eigenvalue weighted by molar-refractivity contribution is 0.587. The summed E-state index contributed by atoms with van der Waals surface area (Å²) in [6.07, 6.45) is 0. The van der Waals surface area contributed by atoms with Crippen LogP contribution in [0.2, 0.25) is 0 Å². The number of rotatable bonds is 5. The van der Waals surface area contributed by atoms with Crippen molar-refractivity contribution in [1.29, 1.82) is 0 Å². The molecule has 0 fully saturated rings. The molecule has 0 aliphatic rings. The molecule has 0 N–H and O–H groups in total. The van der Waals surface area contributed by atoms with Crippen LogP contribution in [0, 0.1) is 6.92 Å². The Morgan fingerprint density at radius 1 is 1.04 bits per heavy atom. The van der Waals surface area contributed by atoms with Gasteiger partial charge in [0.15, 0.2) is 10.2 Å². The molecule has 134 valence electrons. The molecule has 3 rings (SSSR count). The molecule has 0 bridgehead atoms. The van der Waals surface area contributed by atoms with E-state index in [0.29, 0.717) is 16.6 Å². The molecule has 0 unspecified atom stereocenters. The molecule has 3 aromatic rings. The normalized spacial score (nSPS) is 11.5. The highest BCUT2D eigenvalue weighted by atomic mass is 32.2. The van der Waals surface area contributed by atoms with Gasteiger partial charge in [0.2, 0.25) is 9.84 Å². The first-order chi connectivity index (χ1) is 12.4. The van der Waals surface area contributed by atoms with Gasteiger partial charge in [-0.05, 0) is 36.9 Å². The summed E-state index contributed by atoms with van der Waals surface area (Å²) in [7, 11) is -3.86. The van der Waals surface area contributed by atoms with Crippen molar-refractivity contribution >= 4 is 21.6 Å². The minimum Gasteiger partial charge on any atom is -0.269 e. The predicted molar refractivity (Wildman–Crippen MR) is 103 cm³/mol. The van der Waals surface area contributed by atoms with E-state index in [0.717, 1.165) is 11.6 Å². The van der Waals surface area contributed by atoms with Gasteiger partial charge < -0.3 is 0 Å².